The molecule has 0 saturated carbocycles. The van der Waals surface area contributed by atoms with E-state index in [-0.39, 0.29) is 18.3 Å². The summed E-state index contributed by atoms with van der Waals surface area (Å²) in [7, 11) is 0. The fourth-order valence-electron chi connectivity index (χ4n) is 2.86. The number of benzene rings is 1. The lowest BCUT2D eigenvalue weighted by atomic mass is 10.1. The van der Waals surface area contributed by atoms with Crippen LogP contribution in [-0.4, -0.2) is 50.1 Å². The average molecular weight is 400 g/mol. The Morgan fingerprint density at radius 3 is 2.80 bits per heavy atom. The van der Waals surface area contributed by atoms with Gasteiger partial charge in [-0.3, -0.25) is 9.69 Å². The lowest BCUT2D eigenvalue weighted by molar-refractivity contribution is 0.0951. The van der Waals surface area contributed by atoms with Crippen LogP contribution in [0.15, 0.2) is 30.3 Å². The standard InChI is InChI=1S/C18H22ClN3OS.ClH/c1-13-11-16(24-17(13)14-3-2-4-15(19)12-14)18(23)21-7-10-22-8-5-20-6-9-22;/h2-4,11-12,20H,5-10H2,1H3,(H,21,23);1H. The van der Waals surface area contributed by atoms with E-state index in [4.69, 9.17) is 11.6 Å². The van der Waals surface area contributed by atoms with E-state index in [1.165, 1.54) is 11.3 Å². The molecule has 2 N–H and O–H groups in total. The van der Waals surface area contributed by atoms with E-state index in [0.717, 1.165) is 53.6 Å². The molecule has 2 aromatic rings. The van der Waals surface area contributed by atoms with Gasteiger partial charge in [0.2, 0.25) is 0 Å². The second kappa shape index (κ2) is 9.55. The molecule has 0 spiro atoms. The molecule has 3 rings (SSSR count). The highest BCUT2D eigenvalue weighted by Crippen LogP contribution is 2.33. The van der Waals surface area contributed by atoms with Crippen molar-refractivity contribution in [2.24, 2.45) is 0 Å². The van der Waals surface area contributed by atoms with Gasteiger partial charge in [0.15, 0.2) is 0 Å². The smallest absolute Gasteiger partial charge is 0.261 e. The first-order valence-electron chi connectivity index (χ1n) is 8.21. The third-order valence-corrected chi connectivity index (χ3v) is 5.67. The zero-order valence-corrected chi connectivity index (χ0v) is 16.6. The zero-order chi connectivity index (χ0) is 16.9. The van der Waals surface area contributed by atoms with Crippen LogP contribution in [0, 0.1) is 6.92 Å². The molecular formula is C18H23Cl2N3OS. The molecule has 1 aliphatic rings. The van der Waals surface area contributed by atoms with Gasteiger partial charge in [-0.15, -0.1) is 23.7 Å². The summed E-state index contributed by atoms with van der Waals surface area (Å²) in [5, 5.41) is 7.07. The highest BCUT2D eigenvalue weighted by atomic mass is 35.5. The van der Waals surface area contributed by atoms with E-state index in [1.807, 2.05) is 37.3 Å². The first-order valence-corrected chi connectivity index (χ1v) is 9.40. The molecule has 0 radical (unpaired) electrons. The van der Waals surface area contributed by atoms with Crippen molar-refractivity contribution in [1.29, 1.82) is 0 Å². The lowest BCUT2D eigenvalue weighted by Crippen LogP contribution is -2.46. The Labute approximate surface area is 164 Å². The molecule has 0 unspecified atom stereocenters. The monoisotopic (exact) mass is 399 g/mol. The number of thiophene rings is 1. The van der Waals surface area contributed by atoms with Gasteiger partial charge in [0.25, 0.3) is 5.91 Å². The number of nitrogens with zero attached hydrogens (tertiary/aromatic N) is 1. The first kappa shape index (κ1) is 20.2. The van der Waals surface area contributed by atoms with E-state index < -0.39 is 0 Å². The molecule has 1 aliphatic heterocycles. The van der Waals surface area contributed by atoms with Gasteiger partial charge in [0.05, 0.1) is 4.88 Å². The van der Waals surface area contributed by atoms with Crippen LogP contribution in [0.3, 0.4) is 0 Å². The van der Waals surface area contributed by atoms with Crippen LogP contribution in [0.25, 0.3) is 10.4 Å². The van der Waals surface area contributed by atoms with Crippen molar-refractivity contribution in [2.75, 3.05) is 39.3 Å². The van der Waals surface area contributed by atoms with Crippen LogP contribution >= 0.6 is 35.3 Å². The Hall–Kier alpha value is -1.11. The van der Waals surface area contributed by atoms with Crippen molar-refractivity contribution in [2.45, 2.75) is 6.92 Å². The van der Waals surface area contributed by atoms with Crippen LogP contribution in [0.1, 0.15) is 15.2 Å². The number of piperazine rings is 1. The number of nitrogens with one attached hydrogen (secondary N) is 2. The van der Waals surface area contributed by atoms with E-state index in [1.54, 1.807) is 0 Å². The minimum absolute atomic E-state index is 0. The number of hydrogen-bond acceptors (Lipinski definition) is 4. The summed E-state index contributed by atoms with van der Waals surface area (Å²) in [6.45, 7) is 7.77. The molecule has 0 bridgehead atoms. The summed E-state index contributed by atoms with van der Waals surface area (Å²) in [5.74, 6) is 0.00603. The quantitative estimate of drug-likeness (QED) is 0.808. The Morgan fingerprint density at radius 2 is 2.08 bits per heavy atom. The molecular weight excluding hydrogens is 377 g/mol. The summed E-state index contributed by atoms with van der Waals surface area (Å²) in [4.78, 5) is 16.6. The molecule has 4 nitrogen and oxygen atoms in total. The maximum absolute atomic E-state index is 12.4. The van der Waals surface area contributed by atoms with Gasteiger partial charge < -0.3 is 10.6 Å². The topological polar surface area (TPSA) is 44.4 Å². The van der Waals surface area contributed by atoms with E-state index in [2.05, 4.69) is 15.5 Å². The number of rotatable bonds is 5. The number of carbonyl (C=O) groups excluding carboxylic acids is 1. The van der Waals surface area contributed by atoms with Crippen molar-refractivity contribution < 1.29 is 4.79 Å². The molecule has 0 aliphatic carbocycles. The van der Waals surface area contributed by atoms with E-state index in [0.29, 0.717) is 11.6 Å². The van der Waals surface area contributed by atoms with Gasteiger partial charge in [-0.2, -0.15) is 0 Å². The number of carbonyl (C=O) groups is 1. The maximum atomic E-state index is 12.4. The molecule has 7 heteroatoms. The van der Waals surface area contributed by atoms with E-state index in [9.17, 15) is 4.79 Å². The van der Waals surface area contributed by atoms with Crippen LogP contribution in [0.4, 0.5) is 0 Å². The number of aryl methyl sites for hydroxylation is 1. The Balaban J connectivity index is 0.00000225. The second-order valence-electron chi connectivity index (χ2n) is 5.98. The van der Waals surface area contributed by atoms with Gasteiger partial charge in [-0.1, -0.05) is 23.7 Å². The molecule has 1 aromatic carbocycles. The van der Waals surface area contributed by atoms with Gasteiger partial charge >= 0.3 is 0 Å². The third-order valence-electron chi connectivity index (χ3n) is 4.15. The second-order valence-corrected chi connectivity index (χ2v) is 7.47. The van der Waals surface area contributed by atoms with Crippen LogP contribution < -0.4 is 10.6 Å². The Bertz CT molecular complexity index is 714. The van der Waals surface area contributed by atoms with Gasteiger partial charge in [0.1, 0.15) is 0 Å². The van der Waals surface area contributed by atoms with Gasteiger partial charge in [-0.25, -0.2) is 0 Å². The number of amides is 1. The average Bonchev–Trinajstić information content (AvgIpc) is 2.98. The molecule has 1 saturated heterocycles. The highest BCUT2D eigenvalue weighted by Gasteiger charge is 2.15. The fourth-order valence-corrected chi connectivity index (χ4v) is 4.14. The van der Waals surface area contributed by atoms with Crippen molar-refractivity contribution in [3.8, 4) is 10.4 Å². The predicted molar refractivity (Wildman–Crippen MR) is 108 cm³/mol. The molecule has 1 amide bonds. The Morgan fingerprint density at radius 1 is 1.32 bits per heavy atom. The minimum Gasteiger partial charge on any atom is -0.350 e. The summed E-state index contributed by atoms with van der Waals surface area (Å²) in [6, 6.07) is 9.71. The normalized spacial score (nSPS) is 14.8. The van der Waals surface area contributed by atoms with E-state index >= 15 is 0 Å². The fraction of sp³-hybridized carbons (Fsp3) is 0.389. The van der Waals surface area contributed by atoms with Gasteiger partial charge in [0, 0.05) is 49.2 Å². The summed E-state index contributed by atoms with van der Waals surface area (Å²) in [5.41, 5.74) is 2.17. The molecule has 1 fully saturated rings. The lowest BCUT2D eigenvalue weighted by Gasteiger charge is -2.26. The minimum atomic E-state index is 0. The van der Waals surface area contributed by atoms with Gasteiger partial charge in [-0.05, 0) is 36.2 Å². The van der Waals surface area contributed by atoms with Crippen LogP contribution in [0.5, 0.6) is 0 Å². The van der Waals surface area contributed by atoms with Crippen molar-refractivity contribution in [3.05, 3.63) is 45.8 Å². The molecule has 2 heterocycles. The van der Waals surface area contributed by atoms with Crippen LogP contribution in [-0.2, 0) is 0 Å². The third kappa shape index (κ3) is 5.43. The molecule has 0 atom stereocenters. The first-order chi connectivity index (χ1) is 11.6. The van der Waals surface area contributed by atoms with Crippen LogP contribution in [0.2, 0.25) is 5.02 Å². The van der Waals surface area contributed by atoms with Crippen molar-refractivity contribution in [3.63, 3.8) is 0 Å². The molecule has 25 heavy (non-hydrogen) atoms. The number of halogens is 2. The largest absolute Gasteiger partial charge is 0.350 e. The molecule has 1 aromatic heterocycles. The summed E-state index contributed by atoms with van der Waals surface area (Å²) in [6.07, 6.45) is 0. The number of hydrogen-bond donors (Lipinski definition) is 2. The zero-order valence-electron chi connectivity index (χ0n) is 14.2. The van der Waals surface area contributed by atoms with Crippen molar-refractivity contribution >= 4 is 41.3 Å². The highest BCUT2D eigenvalue weighted by molar-refractivity contribution is 7.17. The molecule has 136 valence electrons. The summed E-state index contributed by atoms with van der Waals surface area (Å²) >= 11 is 7.60. The summed E-state index contributed by atoms with van der Waals surface area (Å²) < 4.78 is 0. The van der Waals surface area contributed by atoms with Crippen molar-refractivity contribution in [1.82, 2.24) is 15.5 Å². The SMILES string of the molecule is Cc1cc(C(=O)NCCN2CCNCC2)sc1-c1cccc(Cl)c1.Cl. The predicted octanol–water partition coefficient (Wildman–Crippen LogP) is 3.43. The Kier molecular flexibility index (Phi) is 7.72. The maximum Gasteiger partial charge on any atom is 0.261 e.